The molecule has 37 heavy (non-hydrogen) atoms. The fraction of sp³-hybridized carbons (Fsp3) is 0.778. The van der Waals surface area contributed by atoms with E-state index in [0.29, 0.717) is 32.0 Å². The lowest BCUT2D eigenvalue weighted by Crippen LogP contribution is -2.52. The number of amides is 3. The molecule has 1 aromatic heterocycles. The number of nitrogens with two attached hydrogens (primary N) is 1. The fourth-order valence-electron chi connectivity index (χ4n) is 5.03. The smallest absolute Gasteiger partial charge is 0.273 e. The number of hydrogen-bond acceptors (Lipinski definition) is 7. The van der Waals surface area contributed by atoms with Crippen molar-refractivity contribution in [1.29, 1.82) is 0 Å². The summed E-state index contributed by atoms with van der Waals surface area (Å²) in [4.78, 5) is 42.0. The number of nitrogens with one attached hydrogen (secondary N) is 2. The number of aromatic nitrogens is 1. The van der Waals surface area contributed by atoms with Crippen molar-refractivity contribution >= 4 is 34.9 Å². The Morgan fingerprint density at radius 3 is 2.43 bits per heavy atom. The summed E-state index contributed by atoms with van der Waals surface area (Å²) < 4.78 is 10.1. The molecular weight excluding hydrogens is 490 g/mol. The Kier molecular flexibility index (Phi) is 11.2. The molecule has 0 bridgehead atoms. The molecular formula is C27H45N5O4S. The Bertz CT molecular complexity index is 907. The second-order valence-electron chi connectivity index (χ2n) is 11.3. The molecule has 2 heterocycles. The minimum atomic E-state index is -0.662. The van der Waals surface area contributed by atoms with Crippen LogP contribution in [0.25, 0.3) is 0 Å². The average molecular weight is 536 g/mol. The average Bonchev–Trinajstić information content (AvgIpc) is 3.50. The number of nitrogens with zero attached hydrogens (tertiary/aromatic N) is 2. The van der Waals surface area contributed by atoms with Gasteiger partial charge in [0.2, 0.25) is 5.91 Å². The van der Waals surface area contributed by atoms with Gasteiger partial charge in [-0.3, -0.25) is 14.4 Å². The lowest BCUT2D eigenvalue weighted by atomic mass is 9.95. The Balaban J connectivity index is 1.83. The third-order valence-electron chi connectivity index (χ3n) is 7.16. The molecule has 2 aliphatic rings. The summed E-state index contributed by atoms with van der Waals surface area (Å²) in [5.74, 6) is -0.221. The molecule has 4 N–H and O–H groups in total. The minimum Gasteiger partial charge on any atom is -0.395 e. The molecule has 1 saturated heterocycles. The van der Waals surface area contributed by atoms with E-state index in [9.17, 15) is 14.4 Å². The van der Waals surface area contributed by atoms with Crippen molar-refractivity contribution in [3.63, 3.8) is 0 Å². The van der Waals surface area contributed by atoms with Crippen molar-refractivity contribution in [2.75, 3.05) is 25.4 Å². The zero-order valence-electron chi connectivity index (χ0n) is 22.9. The van der Waals surface area contributed by atoms with Crippen LogP contribution in [0.5, 0.6) is 0 Å². The number of hydrogen-bond donors (Lipinski definition) is 3. The molecule has 10 heteroatoms. The Hall–Kier alpha value is -2.20. The molecule has 2 atom stereocenters. The van der Waals surface area contributed by atoms with E-state index in [0.717, 1.165) is 56.5 Å². The molecule has 9 nitrogen and oxygen atoms in total. The second kappa shape index (κ2) is 14.1. The van der Waals surface area contributed by atoms with Crippen LogP contribution in [-0.4, -0.2) is 64.9 Å². The van der Waals surface area contributed by atoms with Crippen LogP contribution in [0.4, 0.5) is 5.69 Å². The summed E-state index contributed by atoms with van der Waals surface area (Å²) in [6.07, 6.45) is 8.26. The van der Waals surface area contributed by atoms with Crippen molar-refractivity contribution < 1.29 is 19.1 Å². The van der Waals surface area contributed by atoms with Gasteiger partial charge >= 0.3 is 0 Å². The lowest BCUT2D eigenvalue weighted by Gasteiger charge is -2.33. The molecule has 2 fully saturated rings. The number of anilines is 1. The van der Waals surface area contributed by atoms with E-state index >= 15 is 0 Å². The summed E-state index contributed by atoms with van der Waals surface area (Å²) in [6.45, 7) is 9.81. The number of carbonyl (C=O) groups is 3. The van der Waals surface area contributed by atoms with Crippen LogP contribution in [0.2, 0.25) is 0 Å². The van der Waals surface area contributed by atoms with Crippen molar-refractivity contribution in [2.24, 2.45) is 11.8 Å². The van der Waals surface area contributed by atoms with Gasteiger partial charge in [-0.2, -0.15) is 4.37 Å². The van der Waals surface area contributed by atoms with Gasteiger partial charge in [-0.1, -0.05) is 47.0 Å². The van der Waals surface area contributed by atoms with Gasteiger partial charge in [-0.15, -0.1) is 0 Å². The third-order valence-corrected chi connectivity index (χ3v) is 8.01. The monoisotopic (exact) mass is 535 g/mol. The summed E-state index contributed by atoms with van der Waals surface area (Å²) in [5.41, 5.74) is 6.54. The highest BCUT2D eigenvalue weighted by Crippen LogP contribution is 2.28. The van der Waals surface area contributed by atoms with Gasteiger partial charge in [0.1, 0.15) is 10.9 Å². The first kappa shape index (κ1) is 29.4. The van der Waals surface area contributed by atoms with E-state index in [1.165, 1.54) is 6.42 Å². The van der Waals surface area contributed by atoms with E-state index < -0.39 is 6.04 Å². The van der Waals surface area contributed by atoms with Crippen molar-refractivity contribution in [3.05, 3.63) is 10.6 Å². The standard InChI is InChI=1S/C27H45N5O4S/c1-17(2)12-13-29-25(33)21(15-18(3)4)32(16-20-11-8-14-36-20)27(35)24-22(28)23(31-37-24)26(34)30-19-9-6-5-7-10-19/h17-21H,5-16,28H2,1-4H3,(H,29,33)(H,30,34)/t20-,21+/m1/s1. The van der Waals surface area contributed by atoms with Crippen molar-refractivity contribution in [3.8, 4) is 0 Å². The number of ether oxygens (including phenoxy) is 1. The number of carbonyl (C=O) groups excluding carboxylic acids is 3. The van der Waals surface area contributed by atoms with Gasteiger partial charge in [0.15, 0.2) is 5.69 Å². The van der Waals surface area contributed by atoms with Crippen LogP contribution in [0.1, 0.15) is 106 Å². The quantitative estimate of drug-likeness (QED) is 0.372. The van der Waals surface area contributed by atoms with Gasteiger partial charge in [-0.05, 0) is 61.9 Å². The Morgan fingerprint density at radius 1 is 1.08 bits per heavy atom. The maximum absolute atomic E-state index is 13.9. The van der Waals surface area contributed by atoms with Crippen molar-refractivity contribution in [2.45, 2.75) is 104 Å². The highest BCUT2D eigenvalue weighted by atomic mass is 32.1. The van der Waals surface area contributed by atoms with Crippen LogP contribution in [0, 0.1) is 11.8 Å². The first-order valence-corrected chi connectivity index (χ1v) is 14.7. The normalized spacial score (nSPS) is 19.2. The number of nitrogen functional groups attached to an aromatic ring is 1. The largest absolute Gasteiger partial charge is 0.395 e. The second-order valence-corrected chi connectivity index (χ2v) is 12.1. The predicted octanol–water partition coefficient (Wildman–Crippen LogP) is 3.99. The molecule has 1 aromatic rings. The zero-order valence-corrected chi connectivity index (χ0v) is 23.7. The third kappa shape index (κ3) is 8.40. The first-order chi connectivity index (χ1) is 17.7. The summed E-state index contributed by atoms with van der Waals surface area (Å²) >= 11 is 0.931. The molecule has 1 aliphatic heterocycles. The van der Waals surface area contributed by atoms with E-state index in [-0.39, 0.29) is 52.0 Å². The van der Waals surface area contributed by atoms with Gasteiger partial charge < -0.3 is 26.0 Å². The fourth-order valence-corrected chi connectivity index (χ4v) is 5.78. The molecule has 0 radical (unpaired) electrons. The highest BCUT2D eigenvalue weighted by Gasteiger charge is 2.36. The predicted molar refractivity (Wildman–Crippen MR) is 147 cm³/mol. The molecule has 3 rings (SSSR count). The molecule has 1 saturated carbocycles. The topological polar surface area (TPSA) is 127 Å². The van der Waals surface area contributed by atoms with Gasteiger partial charge in [0, 0.05) is 25.7 Å². The SMILES string of the molecule is CC(C)CCNC(=O)[C@H](CC(C)C)N(C[C@H]1CCCO1)C(=O)c1snc(C(=O)NC2CCCCC2)c1N. The molecule has 1 aliphatic carbocycles. The van der Waals surface area contributed by atoms with Crippen LogP contribution >= 0.6 is 11.5 Å². The molecule has 0 unspecified atom stereocenters. The van der Waals surface area contributed by atoms with Gasteiger partial charge in [-0.25, -0.2) is 0 Å². The van der Waals surface area contributed by atoms with E-state index in [1.54, 1.807) is 4.90 Å². The van der Waals surface area contributed by atoms with Crippen LogP contribution in [0.3, 0.4) is 0 Å². The van der Waals surface area contributed by atoms with Gasteiger partial charge in [0.25, 0.3) is 11.8 Å². The zero-order chi connectivity index (χ0) is 26.9. The summed E-state index contributed by atoms with van der Waals surface area (Å²) in [7, 11) is 0. The molecule has 0 spiro atoms. The van der Waals surface area contributed by atoms with Gasteiger partial charge in [0.05, 0.1) is 11.8 Å². The minimum absolute atomic E-state index is 0.0872. The Labute approximate surface area is 225 Å². The van der Waals surface area contributed by atoms with E-state index in [2.05, 4.69) is 28.9 Å². The Morgan fingerprint density at radius 2 is 1.81 bits per heavy atom. The van der Waals surface area contributed by atoms with Crippen LogP contribution < -0.4 is 16.4 Å². The molecule has 0 aromatic carbocycles. The number of rotatable bonds is 12. The maximum atomic E-state index is 13.9. The van der Waals surface area contributed by atoms with Crippen LogP contribution in [-0.2, 0) is 9.53 Å². The summed E-state index contributed by atoms with van der Waals surface area (Å²) in [6, 6.07) is -0.549. The molecule has 208 valence electrons. The highest BCUT2D eigenvalue weighted by molar-refractivity contribution is 7.09. The maximum Gasteiger partial charge on any atom is 0.273 e. The van der Waals surface area contributed by atoms with Crippen LogP contribution in [0.15, 0.2) is 0 Å². The molecule has 3 amide bonds. The van der Waals surface area contributed by atoms with Crippen molar-refractivity contribution in [1.82, 2.24) is 19.9 Å². The lowest BCUT2D eigenvalue weighted by molar-refractivity contribution is -0.126. The first-order valence-electron chi connectivity index (χ1n) is 13.9. The van der Waals surface area contributed by atoms with E-state index in [4.69, 9.17) is 10.5 Å². The van der Waals surface area contributed by atoms with E-state index in [1.807, 2.05) is 13.8 Å². The summed E-state index contributed by atoms with van der Waals surface area (Å²) in [5, 5.41) is 6.07.